The Morgan fingerprint density at radius 3 is 2.43 bits per heavy atom. The van der Waals surface area contributed by atoms with Gasteiger partial charge in [-0.2, -0.15) is 5.26 Å². The number of carbonyl (C=O) groups excluding carboxylic acids is 1. The van der Waals surface area contributed by atoms with Crippen molar-refractivity contribution in [3.63, 3.8) is 0 Å². The van der Waals surface area contributed by atoms with Gasteiger partial charge in [0.05, 0.1) is 16.1 Å². The molecule has 0 saturated heterocycles. The van der Waals surface area contributed by atoms with Crippen LogP contribution in [0.25, 0.3) is 21.8 Å². The van der Waals surface area contributed by atoms with Crippen molar-refractivity contribution >= 4 is 50.9 Å². The van der Waals surface area contributed by atoms with Crippen LogP contribution >= 0.6 is 23.2 Å². The van der Waals surface area contributed by atoms with E-state index >= 15 is 0 Å². The van der Waals surface area contributed by atoms with Gasteiger partial charge in [-0.25, -0.2) is 4.98 Å². The Bertz CT molecular complexity index is 1500. The molecule has 2 aromatic carbocycles. The van der Waals surface area contributed by atoms with Crippen LogP contribution in [0.15, 0.2) is 53.3 Å². The maximum absolute atomic E-state index is 12.3. The molecule has 1 amide bonds. The first-order chi connectivity index (χ1) is 16.9. The number of hydrogen-bond donors (Lipinski definition) is 3. The number of aromatic hydroxyl groups is 1. The number of rotatable bonds is 2. The molecule has 1 aliphatic carbocycles. The molecule has 0 unspecified atom stereocenters. The number of halogens is 2. The zero-order valence-corrected chi connectivity index (χ0v) is 20.2. The van der Waals surface area contributed by atoms with Crippen molar-refractivity contribution in [2.24, 2.45) is 0 Å². The van der Waals surface area contributed by atoms with Crippen LogP contribution in [0.3, 0.4) is 0 Å². The Morgan fingerprint density at radius 2 is 1.71 bits per heavy atom. The van der Waals surface area contributed by atoms with E-state index in [9.17, 15) is 14.7 Å². The number of aromatic amines is 1. The van der Waals surface area contributed by atoms with Crippen LogP contribution in [0.5, 0.6) is 5.75 Å². The fourth-order valence-corrected chi connectivity index (χ4v) is 4.75. The van der Waals surface area contributed by atoms with Crippen molar-refractivity contribution in [2.75, 3.05) is 0 Å². The molecule has 1 fully saturated rings. The SMILES string of the molecule is N#Cc1c(Cl)nc2ccccc2c1Cl.O=C(NC1CCCCC1)c1c(O)c2ccccc2[nH]c1=O. The van der Waals surface area contributed by atoms with Gasteiger partial charge in [-0.3, -0.25) is 9.59 Å². The van der Waals surface area contributed by atoms with Crippen LogP contribution in [0, 0.1) is 11.3 Å². The Kier molecular flexibility index (Phi) is 7.54. The van der Waals surface area contributed by atoms with E-state index in [0.29, 0.717) is 21.4 Å². The predicted octanol–water partition coefficient (Wildman–Crippen LogP) is 5.71. The lowest BCUT2D eigenvalue weighted by molar-refractivity contribution is 0.0923. The molecule has 0 radical (unpaired) electrons. The van der Waals surface area contributed by atoms with Crippen molar-refractivity contribution in [3.05, 3.63) is 80.2 Å². The highest BCUT2D eigenvalue weighted by Gasteiger charge is 2.22. The van der Waals surface area contributed by atoms with Crippen molar-refractivity contribution in [3.8, 4) is 11.8 Å². The number of hydrogen-bond acceptors (Lipinski definition) is 5. The number of pyridine rings is 2. The second-order valence-corrected chi connectivity index (χ2v) is 8.99. The molecule has 9 heteroatoms. The van der Waals surface area contributed by atoms with Gasteiger partial charge in [0.15, 0.2) is 0 Å². The normalized spacial score (nSPS) is 13.6. The van der Waals surface area contributed by atoms with Gasteiger partial charge >= 0.3 is 0 Å². The van der Waals surface area contributed by atoms with Gasteiger partial charge in [0.25, 0.3) is 11.5 Å². The zero-order valence-electron chi connectivity index (χ0n) is 18.6. The first-order valence-electron chi connectivity index (χ1n) is 11.2. The number of amides is 1. The minimum atomic E-state index is -0.556. The van der Waals surface area contributed by atoms with E-state index in [1.165, 1.54) is 6.42 Å². The molecular formula is C26H22Cl2N4O3. The molecule has 2 heterocycles. The van der Waals surface area contributed by atoms with Crippen LogP contribution in [0.1, 0.15) is 48.0 Å². The van der Waals surface area contributed by atoms with E-state index in [0.717, 1.165) is 31.1 Å². The third kappa shape index (κ3) is 5.24. The highest BCUT2D eigenvalue weighted by atomic mass is 35.5. The third-order valence-corrected chi connectivity index (χ3v) is 6.62. The van der Waals surface area contributed by atoms with Crippen LogP contribution in [-0.4, -0.2) is 27.0 Å². The topological polar surface area (TPSA) is 119 Å². The van der Waals surface area contributed by atoms with Gasteiger partial charge in [0.1, 0.15) is 28.1 Å². The standard InChI is InChI=1S/C16H18N2O3.C10H4Cl2N2/c19-14-11-8-4-5-9-12(11)18-16(21)13(14)15(20)17-10-6-2-1-3-7-10;11-9-6-3-1-2-4-8(6)14-10(12)7(9)5-13/h4-5,8-10H,1-3,6-7H2,(H,17,20)(H2,18,19,21);1-4H. The van der Waals surface area contributed by atoms with E-state index in [4.69, 9.17) is 28.5 Å². The van der Waals surface area contributed by atoms with Crippen LogP contribution in [-0.2, 0) is 0 Å². The number of para-hydroxylation sites is 2. The smallest absolute Gasteiger partial charge is 0.265 e. The highest BCUT2D eigenvalue weighted by molar-refractivity contribution is 6.39. The van der Waals surface area contributed by atoms with Gasteiger partial charge in [0.2, 0.25) is 0 Å². The van der Waals surface area contributed by atoms with Crippen molar-refractivity contribution in [2.45, 2.75) is 38.1 Å². The number of nitrogens with zero attached hydrogens (tertiary/aromatic N) is 2. The highest BCUT2D eigenvalue weighted by Crippen LogP contribution is 2.30. The molecule has 1 saturated carbocycles. The molecule has 0 atom stereocenters. The maximum atomic E-state index is 12.3. The molecule has 4 aromatic rings. The number of carbonyl (C=O) groups is 1. The number of benzene rings is 2. The second-order valence-electron chi connectivity index (χ2n) is 8.25. The Labute approximate surface area is 211 Å². The summed E-state index contributed by atoms with van der Waals surface area (Å²) in [5, 5.41) is 23.6. The Balaban J connectivity index is 0.000000179. The Hall–Kier alpha value is -3.60. The summed E-state index contributed by atoms with van der Waals surface area (Å²) in [6, 6.07) is 16.2. The fourth-order valence-electron chi connectivity index (χ4n) is 4.18. The second kappa shape index (κ2) is 10.8. The van der Waals surface area contributed by atoms with E-state index in [-0.39, 0.29) is 28.1 Å². The molecule has 1 aliphatic rings. The van der Waals surface area contributed by atoms with Gasteiger partial charge < -0.3 is 15.4 Å². The van der Waals surface area contributed by atoms with Crippen LogP contribution in [0.2, 0.25) is 10.2 Å². The molecule has 35 heavy (non-hydrogen) atoms. The minimum absolute atomic E-state index is 0.0940. The molecule has 0 aliphatic heterocycles. The molecule has 5 rings (SSSR count). The summed E-state index contributed by atoms with van der Waals surface area (Å²) in [4.78, 5) is 31.1. The van der Waals surface area contributed by atoms with Gasteiger partial charge in [-0.05, 0) is 31.0 Å². The molecule has 178 valence electrons. The number of nitriles is 1. The molecule has 7 nitrogen and oxygen atoms in total. The largest absolute Gasteiger partial charge is 0.506 e. The monoisotopic (exact) mass is 508 g/mol. The van der Waals surface area contributed by atoms with Crippen molar-refractivity contribution in [1.29, 1.82) is 5.26 Å². The summed E-state index contributed by atoms with van der Waals surface area (Å²) in [6.07, 6.45) is 5.22. The Morgan fingerprint density at radius 1 is 1.06 bits per heavy atom. The molecular weight excluding hydrogens is 487 g/mol. The lowest BCUT2D eigenvalue weighted by Crippen LogP contribution is -2.38. The number of aromatic nitrogens is 2. The molecule has 0 bridgehead atoms. The summed E-state index contributed by atoms with van der Waals surface area (Å²) in [5.74, 6) is -0.742. The average molecular weight is 509 g/mol. The number of nitrogens with one attached hydrogen (secondary N) is 2. The van der Waals surface area contributed by atoms with E-state index in [1.54, 1.807) is 30.3 Å². The fraction of sp³-hybridized carbons (Fsp3) is 0.231. The number of fused-ring (bicyclic) bond motifs is 2. The molecule has 2 aromatic heterocycles. The van der Waals surface area contributed by atoms with Gasteiger partial charge in [-0.1, -0.05) is 72.8 Å². The predicted molar refractivity (Wildman–Crippen MR) is 137 cm³/mol. The van der Waals surface area contributed by atoms with Gasteiger partial charge in [0, 0.05) is 16.8 Å². The summed E-state index contributed by atoms with van der Waals surface area (Å²) >= 11 is 11.8. The quantitative estimate of drug-likeness (QED) is 0.299. The first-order valence-corrected chi connectivity index (χ1v) is 11.9. The lowest BCUT2D eigenvalue weighted by atomic mass is 9.95. The summed E-state index contributed by atoms with van der Waals surface area (Å²) in [6.45, 7) is 0. The van der Waals surface area contributed by atoms with Crippen LogP contribution in [0.4, 0.5) is 0 Å². The third-order valence-electron chi connectivity index (χ3n) is 5.96. The van der Waals surface area contributed by atoms with Crippen molar-refractivity contribution < 1.29 is 9.90 Å². The summed E-state index contributed by atoms with van der Waals surface area (Å²) in [5.41, 5.74) is 0.696. The van der Waals surface area contributed by atoms with E-state index in [2.05, 4.69) is 15.3 Å². The summed E-state index contributed by atoms with van der Waals surface area (Å²) in [7, 11) is 0. The molecule has 3 N–H and O–H groups in total. The maximum Gasteiger partial charge on any atom is 0.265 e. The number of H-pyrrole nitrogens is 1. The molecule has 0 spiro atoms. The van der Waals surface area contributed by atoms with Gasteiger partial charge in [-0.15, -0.1) is 0 Å². The summed E-state index contributed by atoms with van der Waals surface area (Å²) < 4.78 is 0. The zero-order chi connectivity index (χ0) is 24.9. The van der Waals surface area contributed by atoms with Crippen LogP contribution < -0.4 is 10.9 Å². The lowest BCUT2D eigenvalue weighted by Gasteiger charge is -2.22. The first kappa shape index (κ1) is 24.5. The van der Waals surface area contributed by atoms with E-state index < -0.39 is 11.5 Å². The average Bonchev–Trinajstić information content (AvgIpc) is 2.85. The van der Waals surface area contributed by atoms with E-state index in [1.807, 2.05) is 24.3 Å². The minimum Gasteiger partial charge on any atom is -0.506 e. The van der Waals surface area contributed by atoms with Crippen molar-refractivity contribution in [1.82, 2.24) is 15.3 Å².